The Morgan fingerprint density at radius 2 is 1.90 bits per heavy atom. The molecule has 0 aliphatic rings. The van der Waals surface area contributed by atoms with Crippen LogP contribution in [0.3, 0.4) is 0 Å². The van der Waals surface area contributed by atoms with E-state index in [1.165, 1.54) is 6.07 Å². The van der Waals surface area contributed by atoms with Crippen molar-refractivity contribution in [3.63, 3.8) is 0 Å². The number of hydrogen-bond donors (Lipinski definition) is 1. The molecule has 3 nitrogen and oxygen atoms in total. The molecule has 0 aromatic heterocycles. The maximum absolute atomic E-state index is 12.8. The summed E-state index contributed by atoms with van der Waals surface area (Å²) in [4.78, 5) is 11.6. The second-order valence-corrected chi connectivity index (χ2v) is 5.57. The third-order valence-electron chi connectivity index (χ3n) is 2.20. The van der Waals surface area contributed by atoms with Gasteiger partial charge in [-0.1, -0.05) is 11.6 Å². The Balaban J connectivity index is 2.85. The van der Waals surface area contributed by atoms with Crippen LogP contribution in [0.25, 0.3) is 0 Å². The molecule has 0 atom stereocenters. The van der Waals surface area contributed by atoms with Crippen LogP contribution in [0.2, 0.25) is 5.02 Å². The quantitative estimate of drug-likeness (QED) is 0.912. The summed E-state index contributed by atoms with van der Waals surface area (Å²) < 4.78 is 43.6. The fourth-order valence-corrected chi connectivity index (χ4v) is 1.50. The van der Waals surface area contributed by atoms with E-state index in [4.69, 9.17) is 16.3 Å². The molecule has 7 heteroatoms. The third kappa shape index (κ3) is 5.38. The molecule has 112 valence electrons. The summed E-state index contributed by atoms with van der Waals surface area (Å²) in [7, 11) is 0. The van der Waals surface area contributed by atoms with Crippen molar-refractivity contribution in [2.75, 3.05) is 11.9 Å². The minimum absolute atomic E-state index is 0.0544. The van der Waals surface area contributed by atoms with Crippen molar-refractivity contribution in [1.82, 2.24) is 0 Å². The van der Waals surface area contributed by atoms with Gasteiger partial charge in [-0.05, 0) is 39.0 Å². The van der Waals surface area contributed by atoms with E-state index in [0.717, 1.165) is 12.1 Å². The van der Waals surface area contributed by atoms with Crippen LogP contribution in [0.4, 0.5) is 18.9 Å². The van der Waals surface area contributed by atoms with Gasteiger partial charge < -0.3 is 10.1 Å². The van der Waals surface area contributed by atoms with Crippen LogP contribution in [0, 0.1) is 0 Å². The second kappa shape index (κ2) is 6.01. The molecule has 0 aliphatic carbocycles. The highest BCUT2D eigenvalue weighted by Gasteiger charge is 2.34. The van der Waals surface area contributed by atoms with Gasteiger partial charge in [0.15, 0.2) is 0 Å². The molecule has 1 N–H and O–H groups in total. The number of amides is 1. The van der Waals surface area contributed by atoms with E-state index in [-0.39, 0.29) is 17.3 Å². The number of hydrogen-bond acceptors (Lipinski definition) is 2. The van der Waals surface area contributed by atoms with E-state index in [2.05, 4.69) is 5.32 Å². The number of carbonyl (C=O) groups excluding carboxylic acids is 1. The first-order chi connectivity index (χ1) is 8.99. The molecule has 0 saturated heterocycles. The Bertz CT molecular complexity index is 495. The molecule has 0 heterocycles. The van der Waals surface area contributed by atoms with Gasteiger partial charge in [-0.25, -0.2) is 0 Å². The molecule has 1 rings (SSSR count). The van der Waals surface area contributed by atoms with Gasteiger partial charge in [-0.2, -0.15) is 13.2 Å². The molecule has 1 amide bonds. The van der Waals surface area contributed by atoms with Crippen LogP contribution < -0.4 is 5.32 Å². The lowest BCUT2D eigenvalue weighted by Gasteiger charge is -2.19. The molecule has 1 aromatic rings. The second-order valence-electron chi connectivity index (χ2n) is 5.14. The first-order valence-corrected chi connectivity index (χ1v) is 6.17. The van der Waals surface area contributed by atoms with E-state index in [1.807, 2.05) is 0 Å². The number of benzene rings is 1. The molecular formula is C13H15ClF3NO2. The van der Waals surface area contributed by atoms with E-state index in [1.54, 1.807) is 20.8 Å². The van der Waals surface area contributed by atoms with Gasteiger partial charge in [0.1, 0.15) is 6.61 Å². The zero-order valence-electron chi connectivity index (χ0n) is 11.3. The molecule has 1 aromatic carbocycles. The Morgan fingerprint density at radius 1 is 1.30 bits per heavy atom. The highest BCUT2D eigenvalue weighted by atomic mass is 35.5. The van der Waals surface area contributed by atoms with Gasteiger partial charge in [0, 0.05) is 5.02 Å². The molecule has 0 fully saturated rings. The standard InChI is InChI=1S/C13H15ClF3NO2/c1-12(2,3)20-7-11(19)18-10-5-4-8(14)6-9(10)13(15,16)17/h4-6H,7H2,1-3H3,(H,18,19). The number of nitrogens with one attached hydrogen (secondary N) is 1. The van der Waals surface area contributed by atoms with Gasteiger partial charge in [-0.15, -0.1) is 0 Å². The summed E-state index contributed by atoms with van der Waals surface area (Å²) in [5.74, 6) is -0.659. The van der Waals surface area contributed by atoms with E-state index < -0.39 is 23.2 Å². The van der Waals surface area contributed by atoms with Gasteiger partial charge in [-0.3, -0.25) is 4.79 Å². The number of halogens is 4. The number of alkyl halides is 3. The van der Waals surface area contributed by atoms with Gasteiger partial charge in [0.25, 0.3) is 0 Å². The molecular weight excluding hydrogens is 295 g/mol. The Hall–Kier alpha value is -1.27. The Labute approximate surface area is 120 Å². The molecule has 0 saturated carbocycles. The number of ether oxygens (including phenoxy) is 1. The highest BCUT2D eigenvalue weighted by Crippen LogP contribution is 2.36. The summed E-state index contributed by atoms with van der Waals surface area (Å²) in [5, 5.41) is 2.12. The van der Waals surface area contributed by atoms with Crippen molar-refractivity contribution < 1.29 is 22.7 Å². The first kappa shape index (κ1) is 16.8. The fourth-order valence-electron chi connectivity index (χ4n) is 1.33. The fraction of sp³-hybridized carbons (Fsp3) is 0.462. The predicted molar refractivity (Wildman–Crippen MR) is 70.8 cm³/mol. The lowest BCUT2D eigenvalue weighted by atomic mass is 10.1. The number of rotatable bonds is 3. The van der Waals surface area contributed by atoms with Crippen molar-refractivity contribution in [2.45, 2.75) is 32.5 Å². The van der Waals surface area contributed by atoms with E-state index in [0.29, 0.717) is 0 Å². The van der Waals surface area contributed by atoms with Crippen molar-refractivity contribution >= 4 is 23.2 Å². The van der Waals surface area contributed by atoms with Gasteiger partial charge in [0.05, 0.1) is 16.9 Å². The molecule has 0 spiro atoms. The summed E-state index contributed by atoms with van der Waals surface area (Å²) in [6.07, 6.45) is -4.60. The molecule has 0 bridgehead atoms. The monoisotopic (exact) mass is 309 g/mol. The molecule has 20 heavy (non-hydrogen) atoms. The lowest BCUT2D eigenvalue weighted by molar-refractivity contribution is -0.137. The average molecular weight is 310 g/mol. The van der Waals surface area contributed by atoms with Crippen molar-refractivity contribution in [2.24, 2.45) is 0 Å². The van der Waals surface area contributed by atoms with E-state index in [9.17, 15) is 18.0 Å². The SMILES string of the molecule is CC(C)(C)OCC(=O)Nc1ccc(Cl)cc1C(F)(F)F. The van der Waals surface area contributed by atoms with Crippen LogP contribution >= 0.6 is 11.6 Å². The largest absolute Gasteiger partial charge is 0.418 e. The first-order valence-electron chi connectivity index (χ1n) is 5.79. The average Bonchev–Trinajstić information content (AvgIpc) is 2.26. The van der Waals surface area contributed by atoms with Gasteiger partial charge in [0.2, 0.25) is 5.91 Å². The van der Waals surface area contributed by atoms with Crippen molar-refractivity contribution in [1.29, 1.82) is 0 Å². The minimum atomic E-state index is -4.60. The van der Waals surface area contributed by atoms with Crippen molar-refractivity contribution in [3.8, 4) is 0 Å². The van der Waals surface area contributed by atoms with Crippen LogP contribution in [-0.4, -0.2) is 18.1 Å². The Kier molecular flexibility index (Phi) is 5.05. The van der Waals surface area contributed by atoms with E-state index >= 15 is 0 Å². The Morgan fingerprint density at radius 3 is 2.40 bits per heavy atom. The maximum Gasteiger partial charge on any atom is 0.418 e. The molecule has 0 radical (unpaired) electrons. The zero-order valence-corrected chi connectivity index (χ0v) is 12.0. The zero-order chi connectivity index (χ0) is 15.6. The summed E-state index contributed by atoms with van der Waals surface area (Å²) in [6, 6.07) is 3.15. The lowest BCUT2D eigenvalue weighted by Crippen LogP contribution is -2.27. The van der Waals surface area contributed by atoms with Crippen LogP contribution in [0.15, 0.2) is 18.2 Å². The normalized spacial score (nSPS) is 12.3. The van der Waals surface area contributed by atoms with Crippen LogP contribution in [0.5, 0.6) is 0 Å². The number of anilines is 1. The smallest absolute Gasteiger partial charge is 0.366 e. The highest BCUT2D eigenvalue weighted by molar-refractivity contribution is 6.30. The summed E-state index contributed by atoms with van der Waals surface area (Å²) >= 11 is 5.54. The van der Waals surface area contributed by atoms with Crippen LogP contribution in [-0.2, 0) is 15.7 Å². The molecule has 0 unspecified atom stereocenters. The van der Waals surface area contributed by atoms with Crippen molar-refractivity contribution in [3.05, 3.63) is 28.8 Å². The molecule has 0 aliphatic heterocycles. The third-order valence-corrected chi connectivity index (χ3v) is 2.43. The predicted octanol–water partition coefficient (Wildman–Crippen LogP) is 4.11. The maximum atomic E-state index is 12.8. The van der Waals surface area contributed by atoms with Crippen LogP contribution in [0.1, 0.15) is 26.3 Å². The van der Waals surface area contributed by atoms with Gasteiger partial charge >= 0.3 is 6.18 Å². The summed E-state index contributed by atoms with van der Waals surface area (Å²) in [5.41, 5.74) is -1.89. The number of carbonyl (C=O) groups is 1. The topological polar surface area (TPSA) is 38.3 Å². The summed E-state index contributed by atoms with van der Waals surface area (Å²) in [6.45, 7) is 4.89. The minimum Gasteiger partial charge on any atom is -0.366 e.